The fourth-order valence-corrected chi connectivity index (χ4v) is 7.41. The minimum absolute atomic E-state index is 0.132. The van der Waals surface area contributed by atoms with Gasteiger partial charge in [0.25, 0.3) is 0 Å². The first-order chi connectivity index (χ1) is 7.17. The first-order valence-corrected chi connectivity index (χ1v) is 9.34. The molecule has 15 heavy (non-hydrogen) atoms. The third kappa shape index (κ3) is 3.78. The van der Waals surface area contributed by atoms with Gasteiger partial charge in [-0.25, -0.2) is 0 Å². The van der Waals surface area contributed by atoms with E-state index in [0.717, 1.165) is 24.3 Å². The third-order valence-electron chi connectivity index (χ3n) is 2.65. The summed E-state index contributed by atoms with van der Waals surface area (Å²) in [6.07, 6.45) is 2.23. The van der Waals surface area contributed by atoms with E-state index in [1.54, 1.807) is 0 Å². The van der Waals surface area contributed by atoms with E-state index in [1.165, 1.54) is 11.5 Å². The van der Waals surface area contributed by atoms with E-state index in [0.29, 0.717) is 5.25 Å². The predicted octanol–water partition coefficient (Wildman–Crippen LogP) is 3.40. The van der Waals surface area contributed by atoms with Crippen molar-refractivity contribution in [1.82, 2.24) is 0 Å². The molecule has 1 aliphatic heterocycles. The Morgan fingerprint density at radius 3 is 2.47 bits per heavy atom. The summed E-state index contributed by atoms with van der Waals surface area (Å²) in [5, 5.41) is 0.626. The molecular formula is C9H18S6. The first-order valence-electron chi connectivity index (χ1n) is 5.01. The van der Waals surface area contributed by atoms with Crippen LogP contribution in [0.1, 0.15) is 12.8 Å². The highest BCUT2D eigenvalue weighted by atomic mass is 32.2. The summed E-state index contributed by atoms with van der Waals surface area (Å²) in [5.74, 6) is 4.31. The van der Waals surface area contributed by atoms with Crippen molar-refractivity contribution in [3.63, 3.8) is 0 Å². The second-order valence-corrected chi connectivity index (χ2v) is 8.62. The van der Waals surface area contributed by atoms with Gasteiger partial charge in [0.15, 0.2) is 0 Å². The molecule has 0 N–H and O–H groups in total. The highest BCUT2D eigenvalue weighted by molar-refractivity contribution is 8.09. The van der Waals surface area contributed by atoms with E-state index >= 15 is 0 Å². The number of hydrogen-bond acceptors (Lipinski definition) is 6. The van der Waals surface area contributed by atoms with Crippen molar-refractivity contribution in [2.45, 2.75) is 27.4 Å². The van der Waals surface area contributed by atoms with Gasteiger partial charge in [-0.3, -0.25) is 0 Å². The van der Waals surface area contributed by atoms with Crippen molar-refractivity contribution < 1.29 is 0 Å². The molecule has 0 spiro atoms. The predicted molar refractivity (Wildman–Crippen MR) is 90.1 cm³/mol. The van der Waals surface area contributed by atoms with Crippen LogP contribution in [-0.4, -0.2) is 37.6 Å². The number of thioether (sulfide) groups is 2. The molecule has 1 saturated heterocycles. The molecule has 90 valence electrons. The zero-order valence-electron chi connectivity index (χ0n) is 8.50. The van der Waals surface area contributed by atoms with Gasteiger partial charge in [0.1, 0.15) is 0 Å². The topological polar surface area (TPSA) is 0 Å². The van der Waals surface area contributed by atoms with Crippen LogP contribution in [0, 0.1) is 0 Å². The lowest BCUT2D eigenvalue weighted by Crippen LogP contribution is -2.47. The monoisotopic (exact) mass is 318 g/mol. The van der Waals surface area contributed by atoms with Gasteiger partial charge >= 0.3 is 0 Å². The largest absolute Gasteiger partial charge is 0.179 e. The molecule has 6 heteroatoms. The molecule has 0 bridgehead atoms. The van der Waals surface area contributed by atoms with E-state index in [9.17, 15) is 0 Å². The summed E-state index contributed by atoms with van der Waals surface area (Å²) in [4.78, 5) is 0. The van der Waals surface area contributed by atoms with Gasteiger partial charge in [0, 0.05) is 21.5 Å². The standard InChI is InChI=1S/C9H18S6/c10-3-1-7-9(2-4-11,8(12)13)15-6-5-14-7/h7-8,10-13H,1-6H2. The maximum atomic E-state index is 4.58. The second-order valence-electron chi connectivity index (χ2n) is 3.52. The second kappa shape index (κ2) is 7.52. The Bertz CT molecular complexity index is 179. The lowest BCUT2D eigenvalue weighted by atomic mass is 10.0. The van der Waals surface area contributed by atoms with Crippen LogP contribution < -0.4 is 0 Å². The van der Waals surface area contributed by atoms with E-state index in [-0.39, 0.29) is 9.33 Å². The molecular weight excluding hydrogens is 301 g/mol. The van der Waals surface area contributed by atoms with Crippen LogP contribution in [0.15, 0.2) is 0 Å². The molecule has 0 aliphatic carbocycles. The Morgan fingerprint density at radius 1 is 1.20 bits per heavy atom. The van der Waals surface area contributed by atoms with Crippen LogP contribution in [-0.2, 0) is 0 Å². The van der Waals surface area contributed by atoms with Crippen molar-refractivity contribution in [2.24, 2.45) is 0 Å². The summed E-state index contributed by atoms with van der Waals surface area (Å²) in [6.45, 7) is 0. The molecule has 0 radical (unpaired) electrons. The molecule has 0 aromatic rings. The molecule has 1 aliphatic rings. The smallest absolute Gasteiger partial charge is 0.0599 e. The number of rotatable bonds is 5. The Balaban J connectivity index is 2.78. The minimum Gasteiger partial charge on any atom is -0.179 e. The van der Waals surface area contributed by atoms with Crippen molar-refractivity contribution in [2.75, 3.05) is 23.0 Å². The molecule has 2 atom stereocenters. The maximum absolute atomic E-state index is 4.58. The van der Waals surface area contributed by atoms with Gasteiger partial charge in [-0.2, -0.15) is 74.0 Å². The molecule has 0 nitrogen and oxygen atoms in total. The van der Waals surface area contributed by atoms with Crippen molar-refractivity contribution in [3.05, 3.63) is 0 Å². The third-order valence-corrected chi connectivity index (χ3v) is 7.98. The highest BCUT2D eigenvalue weighted by Crippen LogP contribution is 2.49. The molecule has 1 heterocycles. The number of thiol groups is 4. The van der Waals surface area contributed by atoms with Crippen LogP contribution in [0.3, 0.4) is 0 Å². The minimum atomic E-state index is 0.132. The SMILES string of the molecule is SCCC1SCCSC1(CCS)C(S)S. The summed E-state index contributed by atoms with van der Waals surface area (Å²) in [7, 11) is 0. The maximum Gasteiger partial charge on any atom is 0.0599 e. The van der Waals surface area contributed by atoms with Crippen LogP contribution in [0.4, 0.5) is 0 Å². The Hall–Kier alpha value is 2.10. The summed E-state index contributed by atoms with van der Waals surface area (Å²) in [6, 6.07) is 0. The summed E-state index contributed by atoms with van der Waals surface area (Å²) < 4.78 is 0.312. The summed E-state index contributed by atoms with van der Waals surface area (Å²) in [5.41, 5.74) is 0. The normalized spacial score (nSPS) is 32.2. The quantitative estimate of drug-likeness (QED) is 0.453. The van der Waals surface area contributed by atoms with Crippen LogP contribution in [0.2, 0.25) is 0 Å². The van der Waals surface area contributed by atoms with E-state index in [4.69, 9.17) is 0 Å². The zero-order valence-corrected chi connectivity index (χ0v) is 13.7. The lowest BCUT2D eigenvalue weighted by Gasteiger charge is -2.45. The van der Waals surface area contributed by atoms with Crippen molar-refractivity contribution in [1.29, 1.82) is 0 Å². The molecule has 0 aromatic carbocycles. The Morgan fingerprint density at radius 2 is 1.93 bits per heavy atom. The van der Waals surface area contributed by atoms with E-state index in [1.807, 2.05) is 11.8 Å². The average molecular weight is 319 g/mol. The van der Waals surface area contributed by atoms with Gasteiger partial charge < -0.3 is 0 Å². The van der Waals surface area contributed by atoms with Crippen molar-refractivity contribution in [3.8, 4) is 0 Å². The average Bonchev–Trinajstić information content (AvgIpc) is 2.21. The molecule has 1 fully saturated rings. The van der Waals surface area contributed by atoms with Crippen LogP contribution in [0.5, 0.6) is 0 Å². The van der Waals surface area contributed by atoms with Crippen molar-refractivity contribution >= 4 is 74.0 Å². The van der Waals surface area contributed by atoms with Gasteiger partial charge in [-0.15, -0.1) is 0 Å². The molecule has 1 rings (SSSR count). The first kappa shape index (κ1) is 15.2. The highest BCUT2D eigenvalue weighted by Gasteiger charge is 2.44. The Kier molecular flexibility index (Phi) is 7.60. The zero-order chi connectivity index (χ0) is 11.3. The molecule has 0 saturated carbocycles. The van der Waals surface area contributed by atoms with Gasteiger partial charge in [-0.05, 0) is 24.3 Å². The fourth-order valence-electron chi connectivity index (χ4n) is 1.88. The summed E-state index contributed by atoms with van der Waals surface area (Å²) >= 11 is 22.0. The molecule has 2 unspecified atom stereocenters. The van der Waals surface area contributed by atoms with Gasteiger partial charge in [0.2, 0.25) is 0 Å². The lowest BCUT2D eigenvalue weighted by molar-refractivity contribution is 0.574. The number of hydrogen-bond donors (Lipinski definition) is 4. The van der Waals surface area contributed by atoms with Gasteiger partial charge in [0.05, 0.1) is 4.58 Å². The molecule has 0 amide bonds. The fraction of sp³-hybridized carbons (Fsp3) is 1.00. The Labute approximate surface area is 124 Å². The van der Waals surface area contributed by atoms with E-state index in [2.05, 4.69) is 62.3 Å². The molecule has 0 aromatic heterocycles. The van der Waals surface area contributed by atoms with Crippen LogP contribution in [0.25, 0.3) is 0 Å². The van der Waals surface area contributed by atoms with Crippen LogP contribution >= 0.6 is 74.0 Å². The van der Waals surface area contributed by atoms with Gasteiger partial charge in [-0.1, -0.05) is 0 Å². The van der Waals surface area contributed by atoms with E-state index < -0.39 is 0 Å².